The molecular weight excluding hydrogens is 192 g/mol. The molecule has 0 aliphatic carbocycles. The molecular formula is C11H12N2O2. The second kappa shape index (κ2) is 4.95. The van der Waals surface area contributed by atoms with Gasteiger partial charge in [0.15, 0.2) is 0 Å². The number of amides is 2. The monoisotopic (exact) mass is 204 g/mol. The summed E-state index contributed by atoms with van der Waals surface area (Å²) in [6, 6.07) is 6.60. The molecule has 15 heavy (non-hydrogen) atoms. The van der Waals surface area contributed by atoms with E-state index in [4.69, 9.17) is 5.73 Å². The lowest BCUT2D eigenvalue weighted by molar-refractivity contribution is -0.111. The van der Waals surface area contributed by atoms with Crippen molar-refractivity contribution in [2.45, 2.75) is 6.92 Å². The SMILES string of the molecule is C/C=C/C(=O)Nc1ccccc1C(N)=O. The molecule has 0 unspecified atom stereocenters. The topological polar surface area (TPSA) is 72.2 Å². The first-order valence-electron chi connectivity index (χ1n) is 4.47. The Morgan fingerprint density at radius 1 is 1.33 bits per heavy atom. The van der Waals surface area contributed by atoms with Crippen molar-refractivity contribution in [3.05, 3.63) is 42.0 Å². The summed E-state index contributed by atoms with van der Waals surface area (Å²) in [6.45, 7) is 1.74. The molecule has 0 bridgehead atoms. The molecule has 0 saturated heterocycles. The number of carbonyl (C=O) groups is 2. The number of primary amides is 1. The van der Waals surface area contributed by atoms with Crippen LogP contribution in [0.5, 0.6) is 0 Å². The number of hydrogen-bond donors (Lipinski definition) is 2. The van der Waals surface area contributed by atoms with E-state index in [1.807, 2.05) is 0 Å². The molecule has 4 nitrogen and oxygen atoms in total. The van der Waals surface area contributed by atoms with Gasteiger partial charge in [0.05, 0.1) is 11.3 Å². The first-order chi connectivity index (χ1) is 7.15. The predicted molar refractivity (Wildman–Crippen MR) is 58.4 cm³/mol. The van der Waals surface area contributed by atoms with Gasteiger partial charge in [0, 0.05) is 0 Å². The summed E-state index contributed by atoms with van der Waals surface area (Å²) in [7, 11) is 0. The third-order valence-corrected chi connectivity index (χ3v) is 1.77. The van der Waals surface area contributed by atoms with Gasteiger partial charge in [-0.25, -0.2) is 0 Å². The molecule has 0 heterocycles. The molecule has 1 aromatic rings. The molecule has 0 aliphatic rings. The summed E-state index contributed by atoms with van der Waals surface area (Å²) in [5.74, 6) is -0.849. The molecule has 0 fully saturated rings. The van der Waals surface area contributed by atoms with Crippen molar-refractivity contribution >= 4 is 17.5 Å². The number of carbonyl (C=O) groups excluding carboxylic acids is 2. The molecule has 1 aromatic carbocycles. The van der Waals surface area contributed by atoms with Crippen LogP contribution in [0.2, 0.25) is 0 Å². The van der Waals surface area contributed by atoms with Gasteiger partial charge >= 0.3 is 0 Å². The van der Waals surface area contributed by atoms with Gasteiger partial charge in [-0.3, -0.25) is 9.59 Å². The number of allylic oxidation sites excluding steroid dienone is 1. The average molecular weight is 204 g/mol. The molecule has 0 atom stereocenters. The van der Waals surface area contributed by atoms with Crippen LogP contribution < -0.4 is 11.1 Å². The Kier molecular flexibility index (Phi) is 3.62. The predicted octanol–water partition coefficient (Wildman–Crippen LogP) is 1.30. The number of nitrogens with two attached hydrogens (primary N) is 1. The van der Waals surface area contributed by atoms with Gasteiger partial charge in [0.25, 0.3) is 5.91 Å². The fraction of sp³-hybridized carbons (Fsp3) is 0.0909. The molecule has 4 heteroatoms. The highest BCUT2D eigenvalue weighted by atomic mass is 16.2. The summed E-state index contributed by atoms with van der Waals surface area (Å²) >= 11 is 0. The van der Waals surface area contributed by atoms with E-state index >= 15 is 0 Å². The lowest BCUT2D eigenvalue weighted by Crippen LogP contribution is -2.16. The van der Waals surface area contributed by atoms with Crippen molar-refractivity contribution in [2.75, 3.05) is 5.32 Å². The zero-order valence-electron chi connectivity index (χ0n) is 8.36. The van der Waals surface area contributed by atoms with Crippen LogP contribution in [0.1, 0.15) is 17.3 Å². The Morgan fingerprint density at radius 2 is 2.00 bits per heavy atom. The normalized spacial score (nSPS) is 10.2. The maximum absolute atomic E-state index is 11.2. The molecule has 0 aliphatic heterocycles. The number of rotatable bonds is 3. The average Bonchev–Trinajstić information content (AvgIpc) is 2.18. The van der Waals surface area contributed by atoms with E-state index < -0.39 is 5.91 Å². The Labute approximate surface area is 87.8 Å². The first-order valence-corrected chi connectivity index (χ1v) is 4.47. The van der Waals surface area contributed by atoms with E-state index in [2.05, 4.69) is 5.32 Å². The summed E-state index contributed by atoms with van der Waals surface area (Å²) in [5, 5.41) is 2.57. The fourth-order valence-corrected chi connectivity index (χ4v) is 1.13. The maximum Gasteiger partial charge on any atom is 0.250 e. The number of anilines is 1. The molecule has 0 saturated carbocycles. The number of para-hydroxylation sites is 1. The Bertz CT molecular complexity index is 411. The minimum absolute atomic E-state index is 0.286. The van der Waals surface area contributed by atoms with E-state index in [0.29, 0.717) is 11.3 Å². The Morgan fingerprint density at radius 3 is 2.60 bits per heavy atom. The van der Waals surface area contributed by atoms with E-state index in [9.17, 15) is 9.59 Å². The van der Waals surface area contributed by atoms with Crippen molar-refractivity contribution in [1.29, 1.82) is 0 Å². The molecule has 3 N–H and O–H groups in total. The molecule has 0 spiro atoms. The van der Waals surface area contributed by atoms with Crippen molar-refractivity contribution in [1.82, 2.24) is 0 Å². The van der Waals surface area contributed by atoms with E-state index in [1.165, 1.54) is 6.08 Å². The van der Waals surface area contributed by atoms with E-state index in [1.54, 1.807) is 37.3 Å². The minimum Gasteiger partial charge on any atom is -0.366 e. The molecule has 78 valence electrons. The van der Waals surface area contributed by atoms with Crippen molar-refractivity contribution in [3.8, 4) is 0 Å². The lowest BCUT2D eigenvalue weighted by atomic mass is 10.1. The summed E-state index contributed by atoms with van der Waals surface area (Å²) in [5.41, 5.74) is 5.88. The van der Waals surface area contributed by atoms with E-state index in [0.717, 1.165) is 0 Å². The molecule has 2 amide bonds. The lowest BCUT2D eigenvalue weighted by Gasteiger charge is -2.06. The molecule has 0 aromatic heterocycles. The second-order valence-electron chi connectivity index (χ2n) is 2.90. The third-order valence-electron chi connectivity index (χ3n) is 1.77. The van der Waals surface area contributed by atoms with Gasteiger partial charge in [-0.05, 0) is 25.1 Å². The largest absolute Gasteiger partial charge is 0.366 e. The maximum atomic E-state index is 11.2. The van der Waals surface area contributed by atoms with Crippen molar-refractivity contribution in [2.24, 2.45) is 5.73 Å². The highest BCUT2D eigenvalue weighted by molar-refractivity contribution is 6.05. The van der Waals surface area contributed by atoms with Gasteiger partial charge in [0.1, 0.15) is 0 Å². The van der Waals surface area contributed by atoms with Crippen molar-refractivity contribution < 1.29 is 9.59 Å². The number of hydrogen-bond acceptors (Lipinski definition) is 2. The quantitative estimate of drug-likeness (QED) is 0.728. The Balaban J connectivity index is 2.94. The Hall–Kier alpha value is -2.10. The van der Waals surface area contributed by atoms with Crippen molar-refractivity contribution in [3.63, 3.8) is 0 Å². The highest BCUT2D eigenvalue weighted by Crippen LogP contribution is 2.13. The van der Waals surface area contributed by atoms with Crippen LogP contribution >= 0.6 is 0 Å². The highest BCUT2D eigenvalue weighted by Gasteiger charge is 2.07. The van der Waals surface area contributed by atoms with E-state index in [-0.39, 0.29) is 5.91 Å². The first kappa shape index (κ1) is 11.0. The van der Waals surface area contributed by atoms with Crippen LogP contribution in [0.4, 0.5) is 5.69 Å². The fourth-order valence-electron chi connectivity index (χ4n) is 1.13. The van der Waals surface area contributed by atoms with Crippen LogP contribution in [-0.4, -0.2) is 11.8 Å². The summed E-state index contributed by atoms with van der Waals surface area (Å²) in [6.07, 6.45) is 2.99. The number of nitrogens with one attached hydrogen (secondary N) is 1. The smallest absolute Gasteiger partial charge is 0.250 e. The van der Waals surface area contributed by atoms with Gasteiger partial charge in [0.2, 0.25) is 5.91 Å². The zero-order chi connectivity index (χ0) is 11.3. The van der Waals surface area contributed by atoms with Crippen LogP contribution in [0.3, 0.4) is 0 Å². The van der Waals surface area contributed by atoms with Crippen LogP contribution in [0.15, 0.2) is 36.4 Å². The minimum atomic E-state index is -0.564. The van der Waals surface area contributed by atoms with Crippen LogP contribution in [0.25, 0.3) is 0 Å². The molecule has 0 radical (unpaired) electrons. The summed E-state index contributed by atoms with van der Waals surface area (Å²) in [4.78, 5) is 22.3. The van der Waals surface area contributed by atoms with Gasteiger partial charge in [-0.15, -0.1) is 0 Å². The van der Waals surface area contributed by atoms with Gasteiger partial charge in [-0.1, -0.05) is 18.2 Å². The molecule has 1 rings (SSSR count). The summed E-state index contributed by atoms with van der Waals surface area (Å²) < 4.78 is 0. The van der Waals surface area contributed by atoms with Gasteiger partial charge < -0.3 is 11.1 Å². The van der Waals surface area contributed by atoms with Gasteiger partial charge in [-0.2, -0.15) is 0 Å². The third kappa shape index (κ3) is 2.95. The second-order valence-corrected chi connectivity index (χ2v) is 2.90. The zero-order valence-corrected chi connectivity index (χ0v) is 8.36. The number of benzene rings is 1. The van der Waals surface area contributed by atoms with Crippen LogP contribution in [0, 0.1) is 0 Å². The van der Waals surface area contributed by atoms with Crippen LogP contribution in [-0.2, 0) is 4.79 Å². The standard InChI is InChI=1S/C11H12N2O2/c1-2-5-10(14)13-9-7-4-3-6-8(9)11(12)15/h2-7H,1H3,(H2,12,15)(H,13,14)/b5-2+.